The van der Waals surface area contributed by atoms with Gasteiger partial charge in [-0.3, -0.25) is 4.79 Å². The summed E-state index contributed by atoms with van der Waals surface area (Å²) >= 11 is 0. The summed E-state index contributed by atoms with van der Waals surface area (Å²) in [6.07, 6.45) is 2.52. The van der Waals surface area contributed by atoms with Crippen LogP contribution in [0.4, 0.5) is 0 Å². The second kappa shape index (κ2) is 9.29. The first-order valence-electron chi connectivity index (χ1n) is 8.34. The van der Waals surface area contributed by atoms with Crippen LogP contribution in [0.15, 0.2) is 60.2 Å². The van der Waals surface area contributed by atoms with Gasteiger partial charge in [-0.1, -0.05) is 49.4 Å². The molecule has 4 nitrogen and oxygen atoms in total. The molecule has 1 amide bonds. The molecule has 0 aliphatic rings. The van der Waals surface area contributed by atoms with Gasteiger partial charge < -0.3 is 10.1 Å². The molecule has 2 aromatic rings. The van der Waals surface area contributed by atoms with E-state index in [0.29, 0.717) is 6.61 Å². The Labute approximate surface area is 148 Å². The summed E-state index contributed by atoms with van der Waals surface area (Å²) in [4.78, 5) is 12.3. The largest absolute Gasteiger partial charge is 0.494 e. The molecule has 0 heterocycles. The Balaban J connectivity index is 2.06. The fourth-order valence-corrected chi connectivity index (χ4v) is 2.29. The first kappa shape index (κ1) is 18.3. The Morgan fingerprint density at radius 1 is 1.20 bits per heavy atom. The number of nitriles is 1. The number of benzene rings is 2. The lowest BCUT2D eigenvalue weighted by atomic mass is 10.1. The number of nitrogens with one attached hydrogen (secondary N) is 1. The smallest absolute Gasteiger partial charge is 0.262 e. The first-order valence-corrected chi connectivity index (χ1v) is 8.34. The molecule has 0 spiro atoms. The van der Waals surface area contributed by atoms with E-state index >= 15 is 0 Å². The molecule has 0 aromatic heterocycles. The maximum Gasteiger partial charge on any atom is 0.262 e. The van der Waals surface area contributed by atoms with Gasteiger partial charge in [0.25, 0.3) is 5.91 Å². The summed E-state index contributed by atoms with van der Waals surface area (Å²) < 4.78 is 5.53. The van der Waals surface area contributed by atoms with Gasteiger partial charge in [-0.2, -0.15) is 5.26 Å². The fraction of sp³-hybridized carbons (Fsp3) is 0.238. The highest BCUT2D eigenvalue weighted by Gasteiger charge is 2.13. The summed E-state index contributed by atoms with van der Waals surface area (Å²) in [5.74, 6) is 0.393. The third-order valence-electron chi connectivity index (χ3n) is 3.68. The Morgan fingerprint density at radius 2 is 1.88 bits per heavy atom. The van der Waals surface area contributed by atoms with E-state index in [9.17, 15) is 10.1 Å². The number of amides is 1. The van der Waals surface area contributed by atoms with Gasteiger partial charge in [0.1, 0.15) is 17.4 Å². The SMILES string of the molecule is CCCOc1ccc(/C=C(\C#N)C(=O)NC(C)c2ccccc2)cc1. The van der Waals surface area contributed by atoms with E-state index in [4.69, 9.17) is 4.74 Å². The average molecular weight is 334 g/mol. The van der Waals surface area contributed by atoms with Crippen LogP contribution in [0.1, 0.15) is 37.4 Å². The van der Waals surface area contributed by atoms with Crippen molar-refractivity contribution in [1.29, 1.82) is 5.26 Å². The van der Waals surface area contributed by atoms with Crippen LogP contribution in [-0.4, -0.2) is 12.5 Å². The zero-order valence-corrected chi connectivity index (χ0v) is 14.5. The normalized spacial score (nSPS) is 12.1. The molecule has 2 rings (SSSR count). The second-order valence-corrected chi connectivity index (χ2v) is 5.69. The lowest BCUT2D eigenvalue weighted by Gasteiger charge is -2.13. The maximum atomic E-state index is 12.3. The van der Waals surface area contributed by atoms with Crippen LogP contribution >= 0.6 is 0 Å². The van der Waals surface area contributed by atoms with Crippen LogP contribution in [0.25, 0.3) is 6.08 Å². The predicted octanol–water partition coefficient (Wildman–Crippen LogP) is 4.26. The van der Waals surface area contributed by atoms with Crippen molar-refractivity contribution in [1.82, 2.24) is 5.32 Å². The zero-order chi connectivity index (χ0) is 18.1. The van der Waals surface area contributed by atoms with Crippen LogP contribution in [0.2, 0.25) is 0 Å². The molecule has 25 heavy (non-hydrogen) atoms. The Bertz CT molecular complexity index is 759. The van der Waals surface area contributed by atoms with Gasteiger partial charge in [0, 0.05) is 0 Å². The number of carbonyl (C=O) groups is 1. The van der Waals surface area contributed by atoms with Gasteiger partial charge in [-0.25, -0.2) is 0 Å². The third-order valence-corrected chi connectivity index (χ3v) is 3.68. The van der Waals surface area contributed by atoms with Crippen molar-refractivity contribution in [3.8, 4) is 11.8 Å². The van der Waals surface area contributed by atoms with Gasteiger partial charge in [0.15, 0.2) is 0 Å². The number of ether oxygens (including phenoxy) is 1. The van der Waals surface area contributed by atoms with E-state index in [1.807, 2.05) is 74.5 Å². The molecule has 128 valence electrons. The third kappa shape index (κ3) is 5.50. The minimum absolute atomic E-state index is 0.0741. The molecule has 0 aliphatic heterocycles. The Hall–Kier alpha value is -3.06. The topological polar surface area (TPSA) is 62.1 Å². The Kier molecular flexibility index (Phi) is 6.79. The summed E-state index contributed by atoms with van der Waals surface area (Å²) in [6, 6.07) is 18.8. The van der Waals surface area contributed by atoms with Crippen LogP contribution < -0.4 is 10.1 Å². The molecule has 0 fully saturated rings. The minimum Gasteiger partial charge on any atom is -0.494 e. The van der Waals surface area contributed by atoms with Gasteiger partial charge in [-0.15, -0.1) is 0 Å². The van der Waals surface area contributed by atoms with Crippen molar-refractivity contribution >= 4 is 12.0 Å². The molecule has 0 bridgehead atoms. The molecule has 0 aliphatic carbocycles. The number of hydrogen-bond donors (Lipinski definition) is 1. The van der Waals surface area contributed by atoms with Crippen molar-refractivity contribution in [3.63, 3.8) is 0 Å². The number of hydrogen-bond acceptors (Lipinski definition) is 3. The summed E-state index contributed by atoms with van der Waals surface area (Å²) in [5, 5.41) is 12.2. The number of rotatable bonds is 7. The molecular weight excluding hydrogens is 312 g/mol. The van der Waals surface area contributed by atoms with E-state index in [1.54, 1.807) is 6.08 Å². The number of carbonyl (C=O) groups excluding carboxylic acids is 1. The van der Waals surface area contributed by atoms with E-state index in [0.717, 1.165) is 23.3 Å². The molecule has 1 N–H and O–H groups in total. The van der Waals surface area contributed by atoms with Crippen molar-refractivity contribution < 1.29 is 9.53 Å². The summed E-state index contributed by atoms with van der Waals surface area (Å²) in [5.41, 5.74) is 1.85. The molecule has 1 atom stereocenters. The number of nitrogens with zero attached hydrogens (tertiary/aromatic N) is 1. The highest BCUT2D eigenvalue weighted by molar-refractivity contribution is 6.01. The van der Waals surface area contributed by atoms with E-state index in [-0.39, 0.29) is 17.5 Å². The molecule has 2 aromatic carbocycles. The highest BCUT2D eigenvalue weighted by Crippen LogP contribution is 2.16. The molecule has 4 heteroatoms. The molecule has 0 saturated heterocycles. The van der Waals surface area contributed by atoms with Crippen molar-refractivity contribution in [2.45, 2.75) is 26.3 Å². The summed E-state index contributed by atoms with van der Waals surface area (Å²) in [7, 11) is 0. The van der Waals surface area contributed by atoms with Gasteiger partial charge in [-0.05, 0) is 42.7 Å². The Morgan fingerprint density at radius 3 is 2.48 bits per heavy atom. The monoisotopic (exact) mass is 334 g/mol. The summed E-state index contributed by atoms with van der Waals surface area (Å²) in [6.45, 7) is 4.60. The lowest BCUT2D eigenvalue weighted by Crippen LogP contribution is -2.27. The van der Waals surface area contributed by atoms with Gasteiger partial charge >= 0.3 is 0 Å². The molecule has 1 unspecified atom stereocenters. The van der Waals surface area contributed by atoms with Crippen LogP contribution in [0.5, 0.6) is 5.75 Å². The van der Waals surface area contributed by atoms with Crippen molar-refractivity contribution in [3.05, 3.63) is 71.3 Å². The van der Waals surface area contributed by atoms with E-state index < -0.39 is 0 Å². The van der Waals surface area contributed by atoms with Crippen molar-refractivity contribution in [2.24, 2.45) is 0 Å². The van der Waals surface area contributed by atoms with E-state index in [2.05, 4.69) is 5.32 Å². The quantitative estimate of drug-likeness (QED) is 0.608. The van der Waals surface area contributed by atoms with Crippen LogP contribution in [0, 0.1) is 11.3 Å². The molecule has 0 radical (unpaired) electrons. The highest BCUT2D eigenvalue weighted by atomic mass is 16.5. The van der Waals surface area contributed by atoms with E-state index in [1.165, 1.54) is 0 Å². The van der Waals surface area contributed by atoms with Crippen LogP contribution in [0.3, 0.4) is 0 Å². The molecule has 0 saturated carbocycles. The first-order chi connectivity index (χ1) is 12.1. The maximum absolute atomic E-state index is 12.3. The van der Waals surface area contributed by atoms with Crippen LogP contribution in [-0.2, 0) is 4.79 Å². The van der Waals surface area contributed by atoms with Crippen molar-refractivity contribution in [2.75, 3.05) is 6.61 Å². The lowest BCUT2D eigenvalue weighted by molar-refractivity contribution is -0.117. The average Bonchev–Trinajstić information content (AvgIpc) is 2.65. The molecular formula is C21H22N2O2. The minimum atomic E-state index is -0.384. The van der Waals surface area contributed by atoms with Gasteiger partial charge in [0.05, 0.1) is 12.6 Å². The predicted molar refractivity (Wildman–Crippen MR) is 98.8 cm³/mol. The fourth-order valence-electron chi connectivity index (χ4n) is 2.29. The zero-order valence-electron chi connectivity index (χ0n) is 14.5. The second-order valence-electron chi connectivity index (χ2n) is 5.69. The van der Waals surface area contributed by atoms with Gasteiger partial charge in [0.2, 0.25) is 0 Å². The standard InChI is InChI=1S/C21H22N2O2/c1-3-13-25-20-11-9-17(10-12-20)14-19(15-22)21(24)23-16(2)18-7-5-4-6-8-18/h4-12,14,16H,3,13H2,1-2H3,(H,23,24)/b19-14+.